The molecule has 3 amide bonds. The lowest BCUT2D eigenvalue weighted by Gasteiger charge is -2.34. The molecular formula is C19H28N4O4. The van der Waals surface area contributed by atoms with Gasteiger partial charge in [0.1, 0.15) is 6.04 Å². The van der Waals surface area contributed by atoms with Gasteiger partial charge in [-0.05, 0) is 57.2 Å². The highest BCUT2D eigenvalue weighted by Gasteiger charge is 2.29. The van der Waals surface area contributed by atoms with E-state index < -0.39 is 11.9 Å². The van der Waals surface area contributed by atoms with Gasteiger partial charge in [0.2, 0.25) is 11.8 Å². The van der Waals surface area contributed by atoms with E-state index >= 15 is 0 Å². The maximum atomic E-state index is 12.7. The second-order valence-corrected chi connectivity index (χ2v) is 7.36. The Hall–Kier alpha value is -2.35. The smallest absolute Gasteiger partial charge is 0.287 e. The van der Waals surface area contributed by atoms with Crippen LogP contribution in [-0.4, -0.2) is 60.9 Å². The number of likely N-dealkylation sites (tertiary alicyclic amines) is 1. The topological polar surface area (TPSA) is 104 Å². The number of carbonyl (C=O) groups excluding carboxylic acids is 3. The third-order valence-electron chi connectivity index (χ3n) is 5.24. The average Bonchev–Trinajstić information content (AvgIpc) is 3.39. The zero-order valence-electron chi connectivity index (χ0n) is 15.7. The summed E-state index contributed by atoms with van der Waals surface area (Å²) < 4.78 is 5.05. The van der Waals surface area contributed by atoms with Crippen molar-refractivity contribution in [3.05, 3.63) is 24.2 Å². The Kier molecular flexibility index (Phi) is 6.49. The number of furan rings is 1. The van der Waals surface area contributed by atoms with Crippen LogP contribution in [-0.2, 0) is 9.59 Å². The van der Waals surface area contributed by atoms with Gasteiger partial charge in [0.25, 0.3) is 5.91 Å². The van der Waals surface area contributed by atoms with Crippen LogP contribution in [0.25, 0.3) is 0 Å². The molecule has 2 saturated heterocycles. The first kappa shape index (κ1) is 19.4. The summed E-state index contributed by atoms with van der Waals surface area (Å²) in [6.45, 7) is 4.42. The monoisotopic (exact) mass is 376 g/mol. The lowest BCUT2D eigenvalue weighted by atomic mass is 9.97. The standard InChI is InChI=1S/C19H28N4O4/c1-13(22-18(25)16-7-4-10-27-16)19(26)23-9-3-5-14(12-23)11-21-17(24)15-6-2-8-20-15/h4,7,10,13-15,20H,2-3,5-6,8-9,11-12H2,1H3,(H,21,24)(H,22,25). The van der Waals surface area contributed by atoms with Gasteiger partial charge in [0, 0.05) is 19.6 Å². The summed E-state index contributed by atoms with van der Waals surface area (Å²) in [7, 11) is 0. The van der Waals surface area contributed by atoms with Crippen LogP contribution in [0.1, 0.15) is 43.2 Å². The summed E-state index contributed by atoms with van der Waals surface area (Å²) >= 11 is 0. The number of amides is 3. The molecule has 3 rings (SSSR count). The number of rotatable bonds is 6. The van der Waals surface area contributed by atoms with Crippen molar-refractivity contribution < 1.29 is 18.8 Å². The minimum atomic E-state index is -0.626. The summed E-state index contributed by atoms with van der Waals surface area (Å²) in [5.41, 5.74) is 0. The maximum absolute atomic E-state index is 12.7. The zero-order valence-corrected chi connectivity index (χ0v) is 15.7. The van der Waals surface area contributed by atoms with E-state index in [9.17, 15) is 14.4 Å². The van der Waals surface area contributed by atoms with Gasteiger partial charge < -0.3 is 25.3 Å². The fourth-order valence-electron chi connectivity index (χ4n) is 3.72. The van der Waals surface area contributed by atoms with Crippen molar-refractivity contribution >= 4 is 17.7 Å². The van der Waals surface area contributed by atoms with Gasteiger partial charge in [-0.2, -0.15) is 0 Å². The molecule has 3 atom stereocenters. The molecule has 0 saturated carbocycles. The molecule has 27 heavy (non-hydrogen) atoms. The van der Waals surface area contributed by atoms with E-state index in [0.29, 0.717) is 19.6 Å². The summed E-state index contributed by atoms with van der Waals surface area (Å²) in [4.78, 5) is 38.6. The van der Waals surface area contributed by atoms with E-state index in [1.165, 1.54) is 6.26 Å². The second-order valence-electron chi connectivity index (χ2n) is 7.36. The Morgan fingerprint density at radius 1 is 1.33 bits per heavy atom. The molecule has 8 nitrogen and oxygen atoms in total. The second kappa shape index (κ2) is 9.03. The summed E-state index contributed by atoms with van der Waals surface area (Å²) in [6.07, 6.45) is 5.22. The minimum absolute atomic E-state index is 0.0510. The number of hydrogen-bond donors (Lipinski definition) is 3. The van der Waals surface area contributed by atoms with Crippen LogP contribution in [0.2, 0.25) is 0 Å². The SMILES string of the molecule is CC(NC(=O)c1ccco1)C(=O)N1CCCC(CNC(=O)C2CCCN2)C1. The molecule has 0 aromatic carbocycles. The van der Waals surface area contributed by atoms with Crippen molar-refractivity contribution in [2.45, 2.75) is 44.7 Å². The number of nitrogens with zero attached hydrogens (tertiary/aromatic N) is 1. The van der Waals surface area contributed by atoms with Crippen LogP contribution in [0.4, 0.5) is 0 Å². The maximum Gasteiger partial charge on any atom is 0.287 e. The molecule has 3 unspecified atom stereocenters. The molecule has 8 heteroatoms. The molecule has 2 aliphatic heterocycles. The molecule has 3 heterocycles. The summed E-state index contributed by atoms with van der Waals surface area (Å²) in [5.74, 6) is -0.0282. The van der Waals surface area contributed by atoms with Crippen LogP contribution in [0, 0.1) is 5.92 Å². The molecule has 1 aromatic heterocycles. The van der Waals surface area contributed by atoms with E-state index in [-0.39, 0.29) is 29.5 Å². The molecule has 2 fully saturated rings. The Morgan fingerprint density at radius 2 is 2.19 bits per heavy atom. The van der Waals surface area contributed by atoms with Crippen LogP contribution >= 0.6 is 0 Å². The molecule has 0 aliphatic carbocycles. The largest absolute Gasteiger partial charge is 0.459 e. The van der Waals surface area contributed by atoms with Crippen LogP contribution < -0.4 is 16.0 Å². The molecule has 148 valence electrons. The number of hydrogen-bond acceptors (Lipinski definition) is 5. The van der Waals surface area contributed by atoms with Crippen molar-refractivity contribution in [2.24, 2.45) is 5.92 Å². The van der Waals surface area contributed by atoms with Crippen LogP contribution in [0.5, 0.6) is 0 Å². The van der Waals surface area contributed by atoms with Crippen molar-refractivity contribution in [1.82, 2.24) is 20.9 Å². The molecule has 0 spiro atoms. The van der Waals surface area contributed by atoms with Crippen molar-refractivity contribution in [3.8, 4) is 0 Å². The van der Waals surface area contributed by atoms with E-state index in [1.54, 1.807) is 24.0 Å². The fraction of sp³-hybridized carbons (Fsp3) is 0.632. The van der Waals surface area contributed by atoms with E-state index in [1.807, 2.05) is 0 Å². The van der Waals surface area contributed by atoms with Gasteiger partial charge >= 0.3 is 0 Å². The predicted octanol–water partition coefficient (Wildman–Crippen LogP) is 0.505. The first-order valence-electron chi connectivity index (χ1n) is 9.69. The first-order valence-corrected chi connectivity index (χ1v) is 9.69. The van der Waals surface area contributed by atoms with E-state index in [4.69, 9.17) is 4.42 Å². The molecule has 0 radical (unpaired) electrons. The van der Waals surface area contributed by atoms with Gasteiger partial charge in [0.15, 0.2) is 5.76 Å². The minimum Gasteiger partial charge on any atom is -0.459 e. The highest BCUT2D eigenvalue weighted by molar-refractivity contribution is 5.95. The van der Waals surface area contributed by atoms with Crippen LogP contribution in [0.15, 0.2) is 22.8 Å². The third kappa shape index (κ3) is 5.09. The first-order chi connectivity index (χ1) is 13.0. The number of piperidine rings is 1. The third-order valence-corrected chi connectivity index (χ3v) is 5.24. The molecular weight excluding hydrogens is 348 g/mol. The van der Waals surface area contributed by atoms with Gasteiger partial charge in [-0.25, -0.2) is 0 Å². The summed E-state index contributed by atoms with van der Waals surface area (Å²) in [5, 5.41) is 8.88. The quantitative estimate of drug-likeness (QED) is 0.671. The lowest BCUT2D eigenvalue weighted by molar-refractivity contribution is -0.134. The summed E-state index contributed by atoms with van der Waals surface area (Å²) in [6, 6.07) is 2.49. The Morgan fingerprint density at radius 3 is 2.89 bits per heavy atom. The average molecular weight is 376 g/mol. The number of carbonyl (C=O) groups is 3. The highest BCUT2D eigenvalue weighted by atomic mass is 16.3. The van der Waals surface area contributed by atoms with Gasteiger partial charge in [-0.1, -0.05) is 0 Å². The fourth-order valence-corrected chi connectivity index (χ4v) is 3.72. The van der Waals surface area contributed by atoms with Gasteiger partial charge in [-0.3, -0.25) is 14.4 Å². The van der Waals surface area contributed by atoms with Crippen molar-refractivity contribution in [3.63, 3.8) is 0 Å². The van der Waals surface area contributed by atoms with Gasteiger partial charge in [0.05, 0.1) is 12.3 Å². The predicted molar refractivity (Wildman–Crippen MR) is 99.0 cm³/mol. The number of nitrogens with one attached hydrogen (secondary N) is 3. The van der Waals surface area contributed by atoms with Crippen LogP contribution in [0.3, 0.4) is 0 Å². The molecule has 2 aliphatic rings. The molecule has 0 bridgehead atoms. The Bertz CT molecular complexity index is 655. The van der Waals surface area contributed by atoms with Crippen molar-refractivity contribution in [2.75, 3.05) is 26.2 Å². The molecule has 3 N–H and O–H groups in total. The molecule has 1 aromatic rings. The Balaban J connectivity index is 1.45. The highest BCUT2D eigenvalue weighted by Crippen LogP contribution is 2.17. The lowest BCUT2D eigenvalue weighted by Crippen LogP contribution is -2.51. The normalized spacial score (nSPS) is 23.7. The Labute approximate surface area is 159 Å². The van der Waals surface area contributed by atoms with Gasteiger partial charge in [-0.15, -0.1) is 0 Å². The van der Waals surface area contributed by atoms with E-state index in [2.05, 4.69) is 16.0 Å². The van der Waals surface area contributed by atoms with E-state index in [0.717, 1.165) is 32.2 Å². The zero-order chi connectivity index (χ0) is 19.2. The van der Waals surface area contributed by atoms with Crippen molar-refractivity contribution in [1.29, 1.82) is 0 Å².